The van der Waals surface area contributed by atoms with Gasteiger partial charge < -0.3 is 0 Å². The lowest BCUT2D eigenvalue weighted by molar-refractivity contribution is -0.137. The quantitative estimate of drug-likeness (QED) is 0.621. The van der Waals surface area contributed by atoms with E-state index >= 15 is 0 Å². The van der Waals surface area contributed by atoms with Crippen LogP contribution in [0, 0.1) is 0 Å². The SMILES string of the molecule is CN1N=C(C(F)(F)F)CC1c1ccc(-c2ccc(C(F)(F)F)cc2)cc1. The van der Waals surface area contributed by atoms with Crippen LogP contribution in [0.5, 0.6) is 0 Å². The van der Waals surface area contributed by atoms with Gasteiger partial charge in [-0.2, -0.15) is 31.4 Å². The van der Waals surface area contributed by atoms with Crippen LogP contribution in [-0.4, -0.2) is 23.9 Å². The minimum Gasteiger partial charge on any atom is -0.292 e. The normalized spacial score (nSPS) is 18.2. The van der Waals surface area contributed by atoms with Gasteiger partial charge in [-0.25, -0.2) is 0 Å². The average Bonchev–Trinajstić information content (AvgIpc) is 2.96. The summed E-state index contributed by atoms with van der Waals surface area (Å²) in [6, 6.07) is 10.9. The van der Waals surface area contributed by atoms with Crippen molar-refractivity contribution in [2.24, 2.45) is 5.10 Å². The number of nitrogens with zero attached hydrogens (tertiary/aromatic N) is 2. The molecule has 1 aliphatic heterocycles. The molecule has 8 heteroatoms. The highest BCUT2D eigenvalue weighted by atomic mass is 19.4. The van der Waals surface area contributed by atoms with E-state index in [0.29, 0.717) is 16.7 Å². The van der Waals surface area contributed by atoms with Crippen LogP contribution in [0.25, 0.3) is 11.1 Å². The highest BCUT2D eigenvalue weighted by molar-refractivity contribution is 5.91. The number of benzene rings is 2. The molecule has 2 aromatic carbocycles. The van der Waals surface area contributed by atoms with Crippen LogP contribution in [-0.2, 0) is 6.18 Å². The molecule has 0 aliphatic carbocycles. The Balaban J connectivity index is 1.77. The van der Waals surface area contributed by atoms with Gasteiger partial charge in [0.15, 0.2) is 0 Å². The summed E-state index contributed by atoms with van der Waals surface area (Å²) in [7, 11) is 1.48. The third-order valence-electron chi connectivity index (χ3n) is 4.28. The monoisotopic (exact) mass is 372 g/mol. The second kappa shape index (κ2) is 6.34. The molecule has 0 radical (unpaired) electrons. The molecular formula is C18H14F6N2. The van der Waals surface area contributed by atoms with Crippen molar-refractivity contribution in [3.8, 4) is 11.1 Å². The van der Waals surface area contributed by atoms with Gasteiger partial charge in [-0.15, -0.1) is 0 Å². The van der Waals surface area contributed by atoms with Crippen molar-refractivity contribution in [3.05, 3.63) is 59.7 Å². The fraction of sp³-hybridized carbons (Fsp3) is 0.278. The van der Waals surface area contributed by atoms with Gasteiger partial charge in [-0.05, 0) is 28.8 Å². The predicted octanol–water partition coefficient (Wildman–Crippen LogP) is 5.67. The first-order valence-electron chi connectivity index (χ1n) is 7.71. The third kappa shape index (κ3) is 3.68. The van der Waals surface area contributed by atoms with Crippen molar-refractivity contribution >= 4 is 5.71 Å². The molecule has 1 aliphatic rings. The number of halogens is 6. The standard InChI is InChI=1S/C18H14F6N2/c1-26-15(10-16(25-26)18(22,23)24)13-4-2-11(3-5-13)12-6-8-14(9-7-12)17(19,20)21/h2-9,15H,10H2,1H3. The lowest BCUT2D eigenvalue weighted by Gasteiger charge is -2.19. The molecule has 0 fully saturated rings. The van der Waals surface area contributed by atoms with E-state index in [0.717, 1.165) is 12.1 Å². The summed E-state index contributed by atoms with van der Waals surface area (Å²) in [6.07, 6.45) is -9.09. The van der Waals surface area contributed by atoms with E-state index in [-0.39, 0.29) is 6.42 Å². The lowest BCUT2D eigenvalue weighted by Crippen LogP contribution is -2.21. The minimum absolute atomic E-state index is 0.236. The van der Waals surface area contributed by atoms with Crippen LogP contribution in [0.1, 0.15) is 23.6 Å². The van der Waals surface area contributed by atoms with Gasteiger partial charge in [0.25, 0.3) is 0 Å². The first kappa shape index (κ1) is 18.3. The Morgan fingerprint density at radius 2 is 1.31 bits per heavy atom. The van der Waals surface area contributed by atoms with E-state index in [4.69, 9.17) is 0 Å². The van der Waals surface area contributed by atoms with E-state index in [1.807, 2.05) is 0 Å². The zero-order valence-electron chi connectivity index (χ0n) is 13.6. The van der Waals surface area contributed by atoms with E-state index in [1.54, 1.807) is 24.3 Å². The van der Waals surface area contributed by atoms with E-state index in [1.165, 1.54) is 24.2 Å². The molecule has 138 valence electrons. The Bertz CT molecular complexity index is 804. The van der Waals surface area contributed by atoms with Crippen LogP contribution < -0.4 is 0 Å². The van der Waals surface area contributed by atoms with Gasteiger partial charge in [0.1, 0.15) is 5.71 Å². The molecule has 0 saturated heterocycles. The van der Waals surface area contributed by atoms with Crippen molar-refractivity contribution in [2.75, 3.05) is 7.05 Å². The van der Waals surface area contributed by atoms with Gasteiger partial charge in [-0.1, -0.05) is 36.4 Å². The molecule has 1 atom stereocenters. The van der Waals surface area contributed by atoms with E-state index < -0.39 is 29.7 Å². The Kier molecular flexibility index (Phi) is 4.46. The number of hydrogen-bond donors (Lipinski definition) is 0. The van der Waals surface area contributed by atoms with Crippen LogP contribution in [0.3, 0.4) is 0 Å². The molecule has 2 nitrogen and oxygen atoms in total. The molecule has 0 amide bonds. The van der Waals surface area contributed by atoms with Gasteiger partial charge in [0.05, 0.1) is 11.6 Å². The highest BCUT2D eigenvalue weighted by Crippen LogP contribution is 2.36. The molecule has 0 spiro atoms. The second-order valence-electron chi connectivity index (χ2n) is 6.04. The molecule has 0 aromatic heterocycles. The Labute approximate surface area is 145 Å². The molecule has 0 N–H and O–H groups in total. The Morgan fingerprint density at radius 1 is 0.808 bits per heavy atom. The van der Waals surface area contributed by atoms with Crippen molar-refractivity contribution < 1.29 is 26.3 Å². The van der Waals surface area contributed by atoms with Crippen LogP contribution in [0.4, 0.5) is 26.3 Å². The molecule has 0 saturated carbocycles. The summed E-state index contributed by atoms with van der Waals surface area (Å²) < 4.78 is 76.2. The third-order valence-corrected chi connectivity index (χ3v) is 4.28. The summed E-state index contributed by atoms with van der Waals surface area (Å²) in [5.74, 6) is 0. The van der Waals surface area contributed by atoms with E-state index in [9.17, 15) is 26.3 Å². The highest BCUT2D eigenvalue weighted by Gasteiger charge is 2.42. The maximum absolute atomic E-state index is 12.8. The Hall–Kier alpha value is -2.51. The maximum Gasteiger partial charge on any atom is 0.431 e. The minimum atomic E-state index is -4.46. The van der Waals surface area contributed by atoms with Crippen LogP contribution >= 0.6 is 0 Å². The van der Waals surface area contributed by atoms with Gasteiger partial charge in [-0.3, -0.25) is 5.01 Å². The molecule has 3 rings (SSSR count). The summed E-state index contributed by atoms with van der Waals surface area (Å²) in [5, 5.41) is 4.82. The number of hydrogen-bond acceptors (Lipinski definition) is 2. The number of alkyl halides is 6. The zero-order valence-corrected chi connectivity index (χ0v) is 13.6. The predicted molar refractivity (Wildman–Crippen MR) is 85.5 cm³/mol. The molecule has 26 heavy (non-hydrogen) atoms. The molecular weight excluding hydrogens is 358 g/mol. The molecule has 2 aromatic rings. The summed E-state index contributed by atoms with van der Waals surface area (Å²) in [4.78, 5) is 0. The first-order chi connectivity index (χ1) is 12.1. The average molecular weight is 372 g/mol. The van der Waals surface area contributed by atoms with Crippen molar-refractivity contribution in [2.45, 2.75) is 24.8 Å². The van der Waals surface area contributed by atoms with Crippen molar-refractivity contribution in [1.29, 1.82) is 0 Å². The fourth-order valence-corrected chi connectivity index (χ4v) is 2.87. The Morgan fingerprint density at radius 3 is 1.73 bits per heavy atom. The van der Waals surface area contributed by atoms with Crippen molar-refractivity contribution in [1.82, 2.24) is 5.01 Å². The van der Waals surface area contributed by atoms with Crippen molar-refractivity contribution in [3.63, 3.8) is 0 Å². The summed E-state index contributed by atoms with van der Waals surface area (Å²) in [6.45, 7) is 0. The summed E-state index contributed by atoms with van der Waals surface area (Å²) >= 11 is 0. The zero-order chi connectivity index (χ0) is 19.1. The first-order valence-corrected chi connectivity index (χ1v) is 7.71. The van der Waals surface area contributed by atoms with Crippen LogP contribution in [0.2, 0.25) is 0 Å². The smallest absolute Gasteiger partial charge is 0.292 e. The largest absolute Gasteiger partial charge is 0.431 e. The second-order valence-corrected chi connectivity index (χ2v) is 6.04. The molecule has 1 heterocycles. The van der Waals surface area contributed by atoms with Gasteiger partial charge in [0, 0.05) is 13.5 Å². The lowest BCUT2D eigenvalue weighted by atomic mass is 9.97. The molecule has 0 bridgehead atoms. The molecule has 1 unspecified atom stereocenters. The number of hydrazone groups is 1. The maximum atomic E-state index is 12.8. The fourth-order valence-electron chi connectivity index (χ4n) is 2.87. The van der Waals surface area contributed by atoms with Crippen LogP contribution in [0.15, 0.2) is 53.6 Å². The number of rotatable bonds is 2. The topological polar surface area (TPSA) is 15.6 Å². The van der Waals surface area contributed by atoms with Gasteiger partial charge in [0.2, 0.25) is 0 Å². The summed E-state index contributed by atoms with van der Waals surface area (Å²) in [5.41, 5.74) is 0.377. The van der Waals surface area contributed by atoms with E-state index in [2.05, 4.69) is 5.10 Å². The van der Waals surface area contributed by atoms with Gasteiger partial charge >= 0.3 is 12.4 Å².